The summed E-state index contributed by atoms with van der Waals surface area (Å²) in [6, 6.07) is 6.85. The van der Waals surface area contributed by atoms with Crippen molar-refractivity contribution in [2.24, 2.45) is 0 Å². The molecule has 0 spiro atoms. The lowest BCUT2D eigenvalue weighted by Gasteiger charge is -2.10. The van der Waals surface area contributed by atoms with Crippen molar-refractivity contribution < 1.29 is 0 Å². The van der Waals surface area contributed by atoms with Crippen molar-refractivity contribution in [1.82, 2.24) is 20.1 Å². The molecule has 2 rings (SSSR count). The first-order valence-corrected chi connectivity index (χ1v) is 6.27. The maximum atomic E-state index is 4.31. The van der Waals surface area contributed by atoms with E-state index in [-0.39, 0.29) is 0 Å². The second-order valence-corrected chi connectivity index (χ2v) is 4.97. The summed E-state index contributed by atoms with van der Waals surface area (Å²) < 4.78 is 1.90. The lowest BCUT2D eigenvalue weighted by atomic mass is 10.1. The third-order valence-electron chi connectivity index (χ3n) is 2.74. The van der Waals surface area contributed by atoms with Gasteiger partial charge in [-0.15, -0.1) is 0 Å². The Morgan fingerprint density at radius 1 is 1.17 bits per heavy atom. The molecule has 96 valence electrons. The highest BCUT2D eigenvalue weighted by molar-refractivity contribution is 5.39. The van der Waals surface area contributed by atoms with Crippen molar-refractivity contribution in [3.05, 3.63) is 41.5 Å². The van der Waals surface area contributed by atoms with Gasteiger partial charge in [0.05, 0.1) is 12.2 Å². The summed E-state index contributed by atoms with van der Waals surface area (Å²) >= 11 is 0. The number of nitrogens with one attached hydrogen (secondary N) is 1. The fourth-order valence-corrected chi connectivity index (χ4v) is 1.97. The van der Waals surface area contributed by atoms with Gasteiger partial charge in [-0.05, 0) is 37.1 Å². The van der Waals surface area contributed by atoms with Crippen LogP contribution in [-0.2, 0) is 6.54 Å². The predicted octanol–water partition coefficient (Wildman–Crippen LogP) is 2.38. The van der Waals surface area contributed by atoms with Crippen molar-refractivity contribution in [3.63, 3.8) is 0 Å². The van der Waals surface area contributed by atoms with Gasteiger partial charge in [0.25, 0.3) is 0 Å². The molecule has 2 aromatic rings. The van der Waals surface area contributed by atoms with E-state index in [1.165, 1.54) is 11.1 Å². The Bertz CT molecular complexity index is 508. The summed E-state index contributed by atoms with van der Waals surface area (Å²) in [6.07, 6.45) is 1.61. The SMILES string of the molecule is Cc1cc(C)cc(-n2ncnc2CNC(C)C)c1. The first-order chi connectivity index (χ1) is 8.56. The van der Waals surface area contributed by atoms with Crippen LogP contribution in [0.25, 0.3) is 5.69 Å². The minimum Gasteiger partial charge on any atom is -0.308 e. The Morgan fingerprint density at radius 2 is 1.83 bits per heavy atom. The highest BCUT2D eigenvalue weighted by Crippen LogP contribution is 2.14. The summed E-state index contributed by atoms with van der Waals surface area (Å²) in [5.74, 6) is 0.939. The van der Waals surface area contributed by atoms with Gasteiger partial charge in [0.2, 0.25) is 0 Å². The highest BCUT2D eigenvalue weighted by atomic mass is 15.3. The topological polar surface area (TPSA) is 42.7 Å². The molecule has 0 aliphatic carbocycles. The van der Waals surface area contributed by atoms with E-state index in [2.05, 4.69) is 61.3 Å². The Morgan fingerprint density at radius 3 is 2.44 bits per heavy atom. The molecule has 1 aromatic heterocycles. The third kappa shape index (κ3) is 2.96. The van der Waals surface area contributed by atoms with E-state index in [0.29, 0.717) is 6.04 Å². The van der Waals surface area contributed by atoms with Gasteiger partial charge in [-0.25, -0.2) is 9.67 Å². The minimum absolute atomic E-state index is 0.439. The van der Waals surface area contributed by atoms with Crippen LogP contribution in [0.5, 0.6) is 0 Å². The molecule has 0 saturated heterocycles. The van der Waals surface area contributed by atoms with Crippen LogP contribution in [0.15, 0.2) is 24.5 Å². The van der Waals surface area contributed by atoms with Crippen LogP contribution >= 0.6 is 0 Å². The fourth-order valence-electron chi connectivity index (χ4n) is 1.97. The molecular weight excluding hydrogens is 224 g/mol. The van der Waals surface area contributed by atoms with Gasteiger partial charge in [0, 0.05) is 6.04 Å². The minimum atomic E-state index is 0.439. The summed E-state index contributed by atoms with van der Waals surface area (Å²) in [5, 5.41) is 7.68. The fraction of sp³-hybridized carbons (Fsp3) is 0.429. The molecule has 1 N–H and O–H groups in total. The molecule has 0 unspecified atom stereocenters. The van der Waals surface area contributed by atoms with Crippen LogP contribution in [-0.4, -0.2) is 20.8 Å². The number of benzene rings is 1. The molecule has 1 heterocycles. The smallest absolute Gasteiger partial charge is 0.146 e. The second-order valence-electron chi connectivity index (χ2n) is 4.97. The molecule has 0 saturated carbocycles. The molecule has 0 aliphatic rings. The van der Waals surface area contributed by atoms with Crippen molar-refractivity contribution in [2.75, 3.05) is 0 Å². The standard InChI is InChI=1S/C14H20N4/c1-10(2)15-8-14-16-9-17-18(14)13-6-11(3)5-12(4)7-13/h5-7,9-10,15H,8H2,1-4H3. The maximum Gasteiger partial charge on any atom is 0.146 e. The quantitative estimate of drug-likeness (QED) is 0.898. The lowest BCUT2D eigenvalue weighted by molar-refractivity contribution is 0.563. The molecular formula is C14H20N4. The summed E-state index contributed by atoms with van der Waals surface area (Å²) in [4.78, 5) is 4.31. The Hall–Kier alpha value is -1.68. The highest BCUT2D eigenvalue weighted by Gasteiger charge is 2.07. The molecule has 18 heavy (non-hydrogen) atoms. The normalized spacial score (nSPS) is 11.2. The van der Waals surface area contributed by atoms with E-state index in [1.54, 1.807) is 6.33 Å². The first kappa shape index (κ1) is 12.8. The number of nitrogens with zero attached hydrogens (tertiary/aromatic N) is 3. The van der Waals surface area contributed by atoms with Crippen LogP contribution < -0.4 is 5.32 Å². The molecule has 0 atom stereocenters. The number of rotatable bonds is 4. The molecule has 0 fully saturated rings. The van der Waals surface area contributed by atoms with Crippen molar-refractivity contribution in [1.29, 1.82) is 0 Å². The second kappa shape index (κ2) is 5.31. The summed E-state index contributed by atoms with van der Waals surface area (Å²) in [6.45, 7) is 9.17. The van der Waals surface area contributed by atoms with Crippen molar-refractivity contribution in [3.8, 4) is 5.69 Å². The van der Waals surface area contributed by atoms with Gasteiger partial charge in [-0.1, -0.05) is 19.9 Å². The van der Waals surface area contributed by atoms with Crippen LogP contribution in [0.2, 0.25) is 0 Å². The monoisotopic (exact) mass is 244 g/mol. The zero-order chi connectivity index (χ0) is 13.1. The maximum absolute atomic E-state index is 4.31. The Balaban J connectivity index is 2.30. The van der Waals surface area contributed by atoms with Crippen LogP contribution in [0.3, 0.4) is 0 Å². The van der Waals surface area contributed by atoms with E-state index in [9.17, 15) is 0 Å². The van der Waals surface area contributed by atoms with E-state index in [0.717, 1.165) is 18.1 Å². The molecule has 1 aromatic carbocycles. The molecule has 0 radical (unpaired) electrons. The van der Waals surface area contributed by atoms with Crippen molar-refractivity contribution in [2.45, 2.75) is 40.3 Å². The van der Waals surface area contributed by atoms with Crippen LogP contribution in [0.1, 0.15) is 30.8 Å². The van der Waals surface area contributed by atoms with Crippen LogP contribution in [0.4, 0.5) is 0 Å². The summed E-state index contributed by atoms with van der Waals surface area (Å²) in [5.41, 5.74) is 3.55. The number of aromatic nitrogens is 3. The molecule has 4 heteroatoms. The van der Waals surface area contributed by atoms with Crippen LogP contribution in [0, 0.1) is 13.8 Å². The molecule has 0 aliphatic heterocycles. The van der Waals surface area contributed by atoms with E-state index >= 15 is 0 Å². The van der Waals surface area contributed by atoms with Gasteiger partial charge in [0.1, 0.15) is 12.2 Å². The van der Waals surface area contributed by atoms with Gasteiger partial charge in [0.15, 0.2) is 0 Å². The largest absolute Gasteiger partial charge is 0.308 e. The predicted molar refractivity (Wildman–Crippen MR) is 72.8 cm³/mol. The number of hydrogen-bond donors (Lipinski definition) is 1. The molecule has 4 nitrogen and oxygen atoms in total. The third-order valence-corrected chi connectivity index (χ3v) is 2.74. The number of hydrogen-bond acceptors (Lipinski definition) is 3. The first-order valence-electron chi connectivity index (χ1n) is 6.27. The van der Waals surface area contributed by atoms with E-state index in [1.807, 2.05) is 4.68 Å². The average Bonchev–Trinajstić information content (AvgIpc) is 2.72. The van der Waals surface area contributed by atoms with E-state index < -0.39 is 0 Å². The molecule has 0 bridgehead atoms. The van der Waals surface area contributed by atoms with Crippen molar-refractivity contribution >= 4 is 0 Å². The van der Waals surface area contributed by atoms with E-state index in [4.69, 9.17) is 0 Å². The van der Waals surface area contributed by atoms with Gasteiger partial charge in [-0.3, -0.25) is 0 Å². The van der Waals surface area contributed by atoms with Gasteiger partial charge in [-0.2, -0.15) is 5.10 Å². The van der Waals surface area contributed by atoms with Gasteiger partial charge < -0.3 is 5.32 Å². The summed E-state index contributed by atoms with van der Waals surface area (Å²) in [7, 11) is 0. The zero-order valence-corrected chi connectivity index (χ0v) is 11.4. The zero-order valence-electron chi connectivity index (χ0n) is 11.4. The molecule has 0 amide bonds. The average molecular weight is 244 g/mol. The lowest BCUT2D eigenvalue weighted by Crippen LogP contribution is -2.24. The Labute approximate surface area is 108 Å². The van der Waals surface area contributed by atoms with Gasteiger partial charge >= 0.3 is 0 Å². The number of aryl methyl sites for hydroxylation is 2. The Kier molecular flexibility index (Phi) is 3.77.